The highest BCUT2D eigenvalue weighted by Gasteiger charge is 2.28. The average Bonchev–Trinajstić information content (AvgIpc) is 2.31. The smallest absolute Gasteiger partial charge is 0.325 e. The van der Waals surface area contributed by atoms with Crippen LogP contribution in [0.5, 0.6) is 0 Å². The first kappa shape index (κ1) is 12.6. The van der Waals surface area contributed by atoms with Gasteiger partial charge in [-0.25, -0.2) is 4.79 Å². The van der Waals surface area contributed by atoms with Crippen LogP contribution in [0.15, 0.2) is 15.8 Å². The molecule has 7 heteroatoms. The summed E-state index contributed by atoms with van der Waals surface area (Å²) in [5.74, 6) is -0.353. The predicted octanol–water partition coefficient (Wildman–Crippen LogP) is -1.11. The van der Waals surface area contributed by atoms with Crippen LogP contribution in [0.2, 0.25) is 0 Å². The molecule has 0 aliphatic carbocycles. The lowest BCUT2D eigenvalue weighted by Gasteiger charge is -2.37. The third-order valence-corrected chi connectivity index (χ3v) is 3.07. The van der Waals surface area contributed by atoms with Crippen LogP contribution in [-0.4, -0.2) is 45.9 Å². The van der Waals surface area contributed by atoms with Crippen molar-refractivity contribution in [1.82, 2.24) is 20.2 Å². The van der Waals surface area contributed by atoms with E-state index < -0.39 is 11.2 Å². The average molecular weight is 252 g/mol. The molecule has 2 unspecified atom stereocenters. The van der Waals surface area contributed by atoms with Crippen LogP contribution >= 0.6 is 0 Å². The van der Waals surface area contributed by atoms with Gasteiger partial charge < -0.3 is 15.2 Å². The van der Waals surface area contributed by atoms with E-state index in [9.17, 15) is 14.4 Å². The molecule has 0 aromatic carbocycles. The number of H-pyrrole nitrogens is 2. The fraction of sp³-hybridized carbons (Fsp3) is 0.545. The molecule has 2 rings (SSSR count). The molecular formula is C11H16N4O3. The molecular weight excluding hydrogens is 236 g/mol. The molecule has 1 amide bonds. The van der Waals surface area contributed by atoms with Crippen molar-refractivity contribution >= 4 is 5.91 Å². The topological polar surface area (TPSA) is 98.1 Å². The number of hydrogen-bond acceptors (Lipinski definition) is 4. The maximum atomic E-state index is 12.2. The number of carbonyl (C=O) groups excluding carboxylic acids is 1. The van der Waals surface area contributed by atoms with Crippen molar-refractivity contribution in [3.8, 4) is 0 Å². The summed E-state index contributed by atoms with van der Waals surface area (Å²) in [7, 11) is 0. The van der Waals surface area contributed by atoms with Gasteiger partial charge in [-0.05, 0) is 13.8 Å². The zero-order valence-corrected chi connectivity index (χ0v) is 10.3. The number of rotatable bonds is 1. The van der Waals surface area contributed by atoms with Gasteiger partial charge in [0.25, 0.3) is 11.5 Å². The first-order valence-electron chi connectivity index (χ1n) is 5.85. The van der Waals surface area contributed by atoms with E-state index in [1.54, 1.807) is 4.90 Å². The van der Waals surface area contributed by atoms with E-state index in [2.05, 4.69) is 15.3 Å². The van der Waals surface area contributed by atoms with Crippen molar-refractivity contribution < 1.29 is 4.79 Å². The standard InChI is InChI=1S/C11H16N4O3/c1-6-5-15(7(2)3-12-6)10(17)8-4-13-11(18)14-9(8)16/h4,6-7,12H,3,5H2,1-2H3,(H2,13,14,16,18). The molecule has 1 aliphatic heterocycles. The minimum Gasteiger partial charge on any atom is -0.333 e. The maximum absolute atomic E-state index is 12.2. The zero-order valence-electron chi connectivity index (χ0n) is 10.3. The Balaban J connectivity index is 2.30. The van der Waals surface area contributed by atoms with Gasteiger partial charge in [-0.1, -0.05) is 0 Å². The summed E-state index contributed by atoms with van der Waals surface area (Å²) in [6.07, 6.45) is 1.17. The van der Waals surface area contributed by atoms with Crippen molar-refractivity contribution in [1.29, 1.82) is 0 Å². The van der Waals surface area contributed by atoms with E-state index in [0.717, 1.165) is 0 Å². The fourth-order valence-electron chi connectivity index (χ4n) is 2.03. The van der Waals surface area contributed by atoms with Gasteiger partial charge in [0, 0.05) is 31.4 Å². The van der Waals surface area contributed by atoms with Gasteiger partial charge in [-0.15, -0.1) is 0 Å². The molecule has 3 N–H and O–H groups in total. The van der Waals surface area contributed by atoms with Gasteiger partial charge in [0.15, 0.2) is 0 Å². The van der Waals surface area contributed by atoms with E-state index in [4.69, 9.17) is 0 Å². The minimum atomic E-state index is -0.651. The normalized spacial score (nSPS) is 24.0. The van der Waals surface area contributed by atoms with E-state index in [0.29, 0.717) is 13.1 Å². The quantitative estimate of drug-likeness (QED) is 0.590. The highest BCUT2D eigenvalue weighted by molar-refractivity contribution is 5.93. The van der Waals surface area contributed by atoms with Crippen molar-refractivity contribution in [2.45, 2.75) is 25.9 Å². The molecule has 1 fully saturated rings. The number of carbonyl (C=O) groups is 1. The minimum absolute atomic E-state index is 0.0139. The van der Waals surface area contributed by atoms with Crippen LogP contribution in [0.3, 0.4) is 0 Å². The van der Waals surface area contributed by atoms with Gasteiger partial charge in [-0.2, -0.15) is 0 Å². The Bertz CT molecular complexity index is 562. The number of piperazine rings is 1. The third kappa shape index (κ3) is 2.35. The van der Waals surface area contributed by atoms with Crippen LogP contribution < -0.4 is 16.6 Å². The second kappa shape index (κ2) is 4.77. The number of nitrogens with one attached hydrogen (secondary N) is 3. The van der Waals surface area contributed by atoms with E-state index in [1.807, 2.05) is 13.8 Å². The van der Waals surface area contributed by atoms with Crippen LogP contribution in [0, 0.1) is 0 Å². The second-order valence-corrected chi connectivity index (χ2v) is 4.60. The van der Waals surface area contributed by atoms with Crippen molar-refractivity contribution in [2.24, 2.45) is 0 Å². The molecule has 98 valence electrons. The number of aromatic amines is 2. The summed E-state index contributed by atoms with van der Waals surface area (Å²) < 4.78 is 0. The lowest BCUT2D eigenvalue weighted by Crippen LogP contribution is -2.57. The summed E-state index contributed by atoms with van der Waals surface area (Å²) in [6, 6.07) is 0.201. The van der Waals surface area contributed by atoms with E-state index in [-0.39, 0.29) is 23.6 Å². The molecule has 2 heterocycles. The Morgan fingerprint density at radius 3 is 2.78 bits per heavy atom. The summed E-state index contributed by atoms with van der Waals surface area (Å²) in [4.78, 5) is 40.7. The number of amides is 1. The van der Waals surface area contributed by atoms with Crippen molar-refractivity contribution in [3.05, 3.63) is 32.6 Å². The monoisotopic (exact) mass is 252 g/mol. The molecule has 2 atom stereocenters. The number of aromatic nitrogens is 2. The van der Waals surface area contributed by atoms with E-state index in [1.165, 1.54) is 6.20 Å². The summed E-state index contributed by atoms with van der Waals surface area (Å²) in [5.41, 5.74) is -1.30. The molecule has 1 aromatic rings. The Kier molecular flexibility index (Phi) is 3.33. The van der Waals surface area contributed by atoms with Gasteiger partial charge in [0.05, 0.1) is 0 Å². The Hall–Kier alpha value is -1.89. The van der Waals surface area contributed by atoms with Crippen molar-refractivity contribution in [2.75, 3.05) is 13.1 Å². The van der Waals surface area contributed by atoms with E-state index >= 15 is 0 Å². The molecule has 7 nitrogen and oxygen atoms in total. The molecule has 1 aliphatic rings. The first-order chi connectivity index (χ1) is 8.49. The third-order valence-electron chi connectivity index (χ3n) is 3.07. The summed E-state index contributed by atoms with van der Waals surface area (Å²) in [5, 5.41) is 3.25. The molecule has 1 saturated heterocycles. The Labute approximate surface area is 103 Å². The second-order valence-electron chi connectivity index (χ2n) is 4.60. The van der Waals surface area contributed by atoms with Crippen LogP contribution in [-0.2, 0) is 0 Å². The largest absolute Gasteiger partial charge is 0.333 e. The zero-order chi connectivity index (χ0) is 13.3. The summed E-state index contributed by atoms with van der Waals surface area (Å²) >= 11 is 0. The maximum Gasteiger partial charge on any atom is 0.325 e. The molecule has 0 radical (unpaired) electrons. The predicted molar refractivity (Wildman–Crippen MR) is 65.6 cm³/mol. The van der Waals surface area contributed by atoms with Crippen LogP contribution in [0.25, 0.3) is 0 Å². The van der Waals surface area contributed by atoms with Crippen molar-refractivity contribution in [3.63, 3.8) is 0 Å². The summed E-state index contributed by atoms with van der Waals surface area (Å²) in [6.45, 7) is 5.12. The van der Waals surface area contributed by atoms with Gasteiger partial charge >= 0.3 is 5.69 Å². The highest BCUT2D eigenvalue weighted by atomic mass is 16.2. The SMILES string of the molecule is CC1CN(C(=O)c2c[nH]c(=O)[nH]c2=O)C(C)CN1. The lowest BCUT2D eigenvalue weighted by molar-refractivity contribution is 0.0614. The fourth-order valence-corrected chi connectivity index (χ4v) is 2.03. The molecule has 18 heavy (non-hydrogen) atoms. The van der Waals surface area contributed by atoms with Gasteiger partial charge in [0.1, 0.15) is 5.56 Å². The molecule has 1 aromatic heterocycles. The highest BCUT2D eigenvalue weighted by Crippen LogP contribution is 2.09. The molecule has 0 spiro atoms. The van der Waals surface area contributed by atoms with Crippen LogP contribution in [0.4, 0.5) is 0 Å². The molecule has 0 bridgehead atoms. The lowest BCUT2D eigenvalue weighted by atomic mass is 10.1. The first-order valence-corrected chi connectivity index (χ1v) is 5.85. The Morgan fingerprint density at radius 2 is 2.11 bits per heavy atom. The number of nitrogens with zero attached hydrogens (tertiary/aromatic N) is 1. The molecule has 0 saturated carbocycles. The van der Waals surface area contributed by atoms with Crippen LogP contribution in [0.1, 0.15) is 24.2 Å². The van der Waals surface area contributed by atoms with Gasteiger partial charge in [0.2, 0.25) is 0 Å². The number of hydrogen-bond donors (Lipinski definition) is 3. The van der Waals surface area contributed by atoms with Gasteiger partial charge in [-0.3, -0.25) is 14.6 Å². The Morgan fingerprint density at radius 1 is 1.39 bits per heavy atom.